The molecular weight excluding hydrogens is 560 g/mol. The van der Waals surface area contributed by atoms with Crippen molar-refractivity contribution in [2.24, 2.45) is 0 Å². The fraction of sp³-hybridized carbons (Fsp3) is 0.500. The van der Waals surface area contributed by atoms with E-state index in [4.69, 9.17) is 38.3 Å². The van der Waals surface area contributed by atoms with Crippen molar-refractivity contribution >= 4 is 6.08 Å². The number of methoxy groups -OCH3 is 4. The van der Waals surface area contributed by atoms with Crippen LogP contribution in [0.15, 0.2) is 30.3 Å². The maximum atomic E-state index is 11.5. The van der Waals surface area contributed by atoms with E-state index >= 15 is 0 Å². The summed E-state index contributed by atoms with van der Waals surface area (Å²) in [5.41, 5.74) is 0.803. The van der Waals surface area contributed by atoms with Gasteiger partial charge in [0.15, 0.2) is 35.4 Å². The number of phenols is 1. The Morgan fingerprint density at radius 2 is 1.40 bits per heavy atom. The molecule has 14 heteroatoms. The molecule has 0 saturated carbocycles. The van der Waals surface area contributed by atoms with Crippen LogP contribution in [0.25, 0.3) is 6.08 Å². The summed E-state index contributed by atoms with van der Waals surface area (Å²) in [5.74, 6) is 0.205. The Hall–Kier alpha value is -3.34. The molecule has 0 radical (unpaired) electrons. The Morgan fingerprint density at radius 1 is 0.833 bits per heavy atom. The second-order valence-corrected chi connectivity index (χ2v) is 9.25. The number of aromatic hydroxyl groups is 1. The molecule has 0 amide bonds. The van der Waals surface area contributed by atoms with Crippen LogP contribution in [-0.2, 0) is 9.47 Å². The monoisotopic (exact) mass is 598 g/mol. The number of hydrogen-bond donors (Lipinski definition) is 7. The highest BCUT2D eigenvalue weighted by molar-refractivity contribution is 5.62. The lowest BCUT2D eigenvalue weighted by atomic mass is 9.99. The molecule has 7 N–H and O–H groups in total. The lowest BCUT2D eigenvalue weighted by Gasteiger charge is -2.40. The van der Waals surface area contributed by atoms with Crippen molar-refractivity contribution < 1.29 is 68.9 Å². The molecule has 0 bridgehead atoms. The molecule has 2 aromatic rings. The molecule has 14 nitrogen and oxygen atoms in total. The van der Waals surface area contributed by atoms with Gasteiger partial charge in [-0.2, -0.15) is 0 Å². The van der Waals surface area contributed by atoms with E-state index in [1.54, 1.807) is 18.2 Å². The molecule has 0 unspecified atom stereocenters. The summed E-state index contributed by atoms with van der Waals surface area (Å²) in [4.78, 5) is 0. The second-order valence-electron chi connectivity index (χ2n) is 9.25. The van der Waals surface area contributed by atoms with E-state index in [9.17, 15) is 30.6 Å². The van der Waals surface area contributed by atoms with Gasteiger partial charge in [-0.15, -0.1) is 0 Å². The summed E-state index contributed by atoms with van der Waals surface area (Å²) in [6.07, 6.45) is -7.35. The van der Waals surface area contributed by atoms with Crippen LogP contribution in [-0.4, -0.2) is 121 Å². The Bertz CT molecular complexity index is 1140. The lowest BCUT2D eigenvalue weighted by molar-refractivity contribution is -0.305. The van der Waals surface area contributed by atoms with Gasteiger partial charge >= 0.3 is 0 Å². The first-order chi connectivity index (χ1) is 20.1. The normalized spacial score (nSPS) is 23.8. The van der Waals surface area contributed by atoms with E-state index in [1.165, 1.54) is 46.6 Å². The van der Waals surface area contributed by atoms with Gasteiger partial charge in [0, 0.05) is 0 Å². The SMILES string of the molecule is COc1cc([C@@H](O)[C@H](CO[C@@H]2O[C@H](CO)[C@@H](O)[C@H](O)[C@H]2O)Oc2c(OC)cc(C=CCO)cc2OC)cc(OC)c1O. The molecule has 1 heterocycles. The molecule has 3 rings (SSSR count). The van der Waals surface area contributed by atoms with Crippen molar-refractivity contribution in [1.82, 2.24) is 0 Å². The summed E-state index contributed by atoms with van der Waals surface area (Å²) in [7, 11) is 5.44. The molecule has 0 aliphatic carbocycles. The third kappa shape index (κ3) is 7.35. The van der Waals surface area contributed by atoms with Crippen molar-refractivity contribution in [2.45, 2.75) is 42.9 Å². The first kappa shape index (κ1) is 33.2. The average Bonchev–Trinajstić information content (AvgIpc) is 3.01. The van der Waals surface area contributed by atoms with Gasteiger partial charge in [-0.25, -0.2) is 0 Å². The molecule has 234 valence electrons. The minimum atomic E-state index is -1.70. The summed E-state index contributed by atoms with van der Waals surface area (Å²) in [6, 6.07) is 5.95. The second kappa shape index (κ2) is 15.2. The van der Waals surface area contributed by atoms with Crippen LogP contribution in [0.4, 0.5) is 0 Å². The Labute approximate surface area is 242 Å². The van der Waals surface area contributed by atoms with E-state index in [2.05, 4.69) is 0 Å². The van der Waals surface area contributed by atoms with Gasteiger partial charge in [0.2, 0.25) is 11.5 Å². The molecule has 0 spiro atoms. The highest BCUT2D eigenvalue weighted by Gasteiger charge is 2.44. The minimum Gasteiger partial charge on any atom is -0.502 e. The van der Waals surface area contributed by atoms with E-state index < -0.39 is 56.1 Å². The molecule has 1 fully saturated rings. The lowest BCUT2D eigenvalue weighted by Crippen LogP contribution is -2.59. The summed E-state index contributed by atoms with van der Waals surface area (Å²) < 4.78 is 38.7. The number of ether oxygens (including phenoxy) is 7. The summed E-state index contributed by atoms with van der Waals surface area (Å²) >= 11 is 0. The van der Waals surface area contributed by atoms with Crippen molar-refractivity contribution in [2.75, 3.05) is 48.3 Å². The molecule has 0 aromatic heterocycles. The zero-order valence-electron chi connectivity index (χ0n) is 23.6. The number of phenolic OH excluding ortho intramolecular Hbond substituents is 1. The van der Waals surface area contributed by atoms with Gasteiger partial charge in [-0.3, -0.25) is 0 Å². The van der Waals surface area contributed by atoms with Crippen molar-refractivity contribution in [3.63, 3.8) is 0 Å². The van der Waals surface area contributed by atoms with Crippen LogP contribution in [0, 0.1) is 0 Å². The summed E-state index contributed by atoms with van der Waals surface area (Å²) in [5, 5.41) is 71.2. The molecule has 1 aliphatic heterocycles. The highest BCUT2D eigenvalue weighted by atomic mass is 16.7. The van der Waals surface area contributed by atoms with Crippen LogP contribution in [0.2, 0.25) is 0 Å². The topological polar surface area (TPSA) is 206 Å². The molecule has 7 atom stereocenters. The van der Waals surface area contributed by atoms with Gasteiger partial charge < -0.3 is 68.9 Å². The molecule has 2 aromatic carbocycles. The maximum absolute atomic E-state index is 11.5. The van der Waals surface area contributed by atoms with Crippen LogP contribution in [0.5, 0.6) is 34.5 Å². The smallest absolute Gasteiger partial charge is 0.204 e. The number of aliphatic hydroxyl groups is 6. The quantitative estimate of drug-likeness (QED) is 0.150. The average molecular weight is 599 g/mol. The zero-order chi connectivity index (χ0) is 31.0. The van der Waals surface area contributed by atoms with Gasteiger partial charge in [-0.05, 0) is 35.4 Å². The van der Waals surface area contributed by atoms with Crippen LogP contribution < -0.4 is 23.7 Å². The standard InChI is InChI=1S/C28H38O14/c1-36-16-10-15(11-17(37-2)23(16)32)22(31)21(13-40-28-26(35)25(34)24(33)20(12-30)42-28)41-27-18(38-3)8-14(6-5-7-29)9-19(27)39-4/h5-6,8-11,20-22,24-26,28-35H,7,12-13H2,1-4H3/t20-,21+,22-,24-,25+,26-,28-/m1/s1. The number of aliphatic hydroxyl groups excluding tert-OH is 6. The third-order valence-corrected chi connectivity index (χ3v) is 6.64. The predicted octanol–water partition coefficient (Wildman–Crippen LogP) is -0.270. The van der Waals surface area contributed by atoms with E-state index in [1.807, 2.05) is 0 Å². The van der Waals surface area contributed by atoms with Crippen molar-refractivity contribution in [1.29, 1.82) is 0 Å². The maximum Gasteiger partial charge on any atom is 0.204 e. The van der Waals surface area contributed by atoms with Crippen molar-refractivity contribution in [3.05, 3.63) is 41.5 Å². The van der Waals surface area contributed by atoms with E-state index in [0.29, 0.717) is 5.56 Å². The Kier molecular flexibility index (Phi) is 12.0. The summed E-state index contributed by atoms with van der Waals surface area (Å²) in [6.45, 7) is -1.33. The van der Waals surface area contributed by atoms with E-state index in [0.717, 1.165) is 0 Å². The zero-order valence-corrected chi connectivity index (χ0v) is 23.6. The largest absolute Gasteiger partial charge is 0.502 e. The van der Waals surface area contributed by atoms with E-state index in [-0.39, 0.29) is 46.7 Å². The number of benzene rings is 2. The van der Waals surface area contributed by atoms with Gasteiger partial charge in [-0.1, -0.05) is 12.2 Å². The fourth-order valence-electron chi connectivity index (χ4n) is 4.34. The first-order valence-corrected chi connectivity index (χ1v) is 12.9. The van der Waals surface area contributed by atoms with Gasteiger partial charge in [0.1, 0.15) is 30.5 Å². The van der Waals surface area contributed by atoms with Gasteiger partial charge in [0.05, 0.1) is 48.3 Å². The van der Waals surface area contributed by atoms with Crippen molar-refractivity contribution in [3.8, 4) is 34.5 Å². The van der Waals surface area contributed by atoms with Crippen LogP contribution >= 0.6 is 0 Å². The first-order valence-electron chi connectivity index (χ1n) is 12.9. The molecule has 1 saturated heterocycles. The Morgan fingerprint density at radius 3 is 1.90 bits per heavy atom. The minimum absolute atomic E-state index is 0.00665. The van der Waals surface area contributed by atoms with Crippen LogP contribution in [0.1, 0.15) is 17.2 Å². The predicted molar refractivity (Wildman–Crippen MR) is 146 cm³/mol. The number of hydrogen-bond acceptors (Lipinski definition) is 14. The molecule has 42 heavy (non-hydrogen) atoms. The Balaban J connectivity index is 2.02. The fourth-order valence-corrected chi connectivity index (χ4v) is 4.34. The highest BCUT2D eigenvalue weighted by Crippen LogP contribution is 2.43. The molecular formula is C28H38O14. The number of rotatable bonds is 14. The molecule has 1 aliphatic rings. The third-order valence-electron chi connectivity index (χ3n) is 6.64. The van der Waals surface area contributed by atoms with Crippen LogP contribution in [0.3, 0.4) is 0 Å². The van der Waals surface area contributed by atoms with Gasteiger partial charge in [0.25, 0.3) is 0 Å².